The van der Waals surface area contributed by atoms with Crippen molar-refractivity contribution >= 4 is 29.3 Å². The molecule has 0 heterocycles. The second-order valence-corrected chi connectivity index (χ2v) is 5.44. The van der Waals surface area contributed by atoms with Crippen molar-refractivity contribution in [1.29, 1.82) is 0 Å². The van der Waals surface area contributed by atoms with E-state index in [0.717, 1.165) is 18.7 Å². The van der Waals surface area contributed by atoms with Crippen LogP contribution < -0.4 is 5.32 Å². The summed E-state index contributed by atoms with van der Waals surface area (Å²) in [7, 11) is 0. The molecule has 0 atom stereocenters. The first-order valence-corrected chi connectivity index (χ1v) is 6.58. The summed E-state index contributed by atoms with van der Waals surface area (Å²) in [6.07, 6.45) is 2.07. The fourth-order valence-electron chi connectivity index (χ4n) is 1.51. The van der Waals surface area contributed by atoms with Crippen LogP contribution in [0.15, 0.2) is 23.8 Å². The Morgan fingerprint density at radius 1 is 1.35 bits per heavy atom. The molecule has 0 saturated heterocycles. The fourth-order valence-corrected chi connectivity index (χ4v) is 1.87. The molecule has 1 rings (SSSR count). The average molecular weight is 272 g/mol. The zero-order valence-corrected chi connectivity index (χ0v) is 12.1. The van der Waals surface area contributed by atoms with Crippen LogP contribution in [-0.2, 0) is 0 Å². The van der Waals surface area contributed by atoms with Gasteiger partial charge in [0.1, 0.15) is 0 Å². The van der Waals surface area contributed by atoms with Crippen LogP contribution in [-0.4, -0.2) is 13.1 Å². The van der Waals surface area contributed by atoms with Gasteiger partial charge in [0.2, 0.25) is 0 Å². The number of rotatable bonds is 5. The van der Waals surface area contributed by atoms with Crippen LogP contribution in [0.4, 0.5) is 0 Å². The Kier molecular flexibility index (Phi) is 6.04. The van der Waals surface area contributed by atoms with Crippen LogP contribution in [0.3, 0.4) is 0 Å². The third-order valence-electron chi connectivity index (χ3n) is 2.34. The summed E-state index contributed by atoms with van der Waals surface area (Å²) in [6, 6.07) is 5.68. The van der Waals surface area contributed by atoms with Crippen molar-refractivity contribution in [2.24, 2.45) is 5.92 Å². The molecule has 0 saturated carbocycles. The van der Waals surface area contributed by atoms with Crippen molar-refractivity contribution in [3.8, 4) is 0 Å². The van der Waals surface area contributed by atoms with E-state index < -0.39 is 0 Å². The van der Waals surface area contributed by atoms with E-state index in [2.05, 4.69) is 32.2 Å². The normalized spacial score (nSPS) is 12.2. The summed E-state index contributed by atoms with van der Waals surface area (Å²) < 4.78 is 0. The zero-order valence-electron chi connectivity index (χ0n) is 10.6. The average Bonchev–Trinajstić information content (AvgIpc) is 2.24. The highest BCUT2D eigenvalue weighted by Crippen LogP contribution is 2.26. The van der Waals surface area contributed by atoms with E-state index in [4.69, 9.17) is 23.2 Å². The molecule has 0 aliphatic carbocycles. The first-order valence-electron chi connectivity index (χ1n) is 5.82. The van der Waals surface area contributed by atoms with Crippen LogP contribution in [0.25, 0.3) is 6.08 Å². The Morgan fingerprint density at radius 2 is 2.06 bits per heavy atom. The van der Waals surface area contributed by atoms with Crippen molar-refractivity contribution in [1.82, 2.24) is 5.32 Å². The van der Waals surface area contributed by atoms with Crippen LogP contribution in [0.1, 0.15) is 26.3 Å². The van der Waals surface area contributed by atoms with Crippen molar-refractivity contribution in [2.45, 2.75) is 20.8 Å². The van der Waals surface area contributed by atoms with Gasteiger partial charge in [-0.2, -0.15) is 0 Å². The van der Waals surface area contributed by atoms with Crippen LogP contribution in [0.2, 0.25) is 10.0 Å². The van der Waals surface area contributed by atoms with E-state index in [-0.39, 0.29) is 0 Å². The highest BCUT2D eigenvalue weighted by molar-refractivity contribution is 6.42. The third kappa shape index (κ3) is 5.12. The van der Waals surface area contributed by atoms with Gasteiger partial charge in [0.25, 0.3) is 0 Å². The molecular weight excluding hydrogens is 253 g/mol. The quantitative estimate of drug-likeness (QED) is 0.823. The molecule has 0 amide bonds. The number of hydrogen-bond acceptors (Lipinski definition) is 1. The number of benzene rings is 1. The summed E-state index contributed by atoms with van der Waals surface area (Å²) >= 11 is 12.1. The Balaban J connectivity index is 2.64. The van der Waals surface area contributed by atoms with Gasteiger partial charge in [-0.15, -0.1) is 0 Å². The van der Waals surface area contributed by atoms with E-state index in [9.17, 15) is 0 Å². The number of halogens is 2. The van der Waals surface area contributed by atoms with Gasteiger partial charge in [-0.1, -0.05) is 60.8 Å². The minimum absolute atomic E-state index is 0.600. The Morgan fingerprint density at radius 3 is 2.71 bits per heavy atom. The molecule has 94 valence electrons. The highest BCUT2D eigenvalue weighted by Gasteiger charge is 2.02. The molecule has 0 spiro atoms. The molecule has 3 heteroatoms. The van der Waals surface area contributed by atoms with Gasteiger partial charge in [0, 0.05) is 6.54 Å². The fraction of sp³-hybridized carbons (Fsp3) is 0.429. The molecule has 1 aromatic rings. The molecule has 0 aliphatic heterocycles. The van der Waals surface area contributed by atoms with Crippen molar-refractivity contribution < 1.29 is 0 Å². The lowest BCUT2D eigenvalue weighted by molar-refractivity contribution is 0.572. The molecular formula is C14H19Cl2N. The van der Waals surface area contributed by atoms with E-state index in [1.165, 1.54) is 5.57 Å². The largest absolute Gasteiger partial charge is 0.313 e. The van der Waals surface area contributed by atoms with Crippen LogP contribution in [0.5, 0.6) is 0 Å². The standard InChI is InChI=1S/C14H19Cl2N/c1-10(2)8-17-9-11(3)7-12-5-4-6-13(15)14(12)16/h4-7,10,17H,8-9H2,1-3H3. The molecule has 0 aromatic heterocycles. The molecule has 0 aliphatic rings. The second-order valence-electron chi connectivity index (χ2n) is 4.66. The van der Waals surface area contributed by atoms with Gasteiger partial charge in [0.15, 0.2) is 0 Å². The Bertz CT molecular complexity index is 397. The number of hydrogen-bond donors (Lipinski definition) is 1. The van der Waals surface area contributed by atoms with Crippen LogP contribution in [0, 0.1) is 5.92 Å². The second kappa shape index (κ2) is 7.05. The maximum atomic E-state index is 6.12. The summed E-state index contributed by atoms with van der Waals surface area (Å²) in [5.74, 6) is 0.664. The van der Waals surface area contributed by atoms with Crippen LogP contribution >= 0.6 is 23.2 Å². The lowest BCUT2D eigenvalue weighted by Gasteiger charge is -2.08. The molecule has 1 N–H and O–H groups in total. The summed E-state index contributed by atoms with van der Waals surface area (Å²) in [5, 5.41) is 4.62. The first kappa shape index (κ1) is 14.6. The predicted octanol–water partition coefficient (Wildman–Crippen LogP) is 4.64. The Hall–Kier alpha value is -0.500. The summed E-state index contributed by atoms with van der Waals surface area (Å²) in [5.41, 5.74) is 2.22. The summed E-state index contributed by atoms with van der Waals surface area (Å²) in [6.45, 7) is 8.37. The van der Waals surface area contributed by atoms with E-state index >= 15 is 0 Å². The van der Waals surface area contributed by atoms with Gasteiger partial charge in [0.05, 0.1) is 10.0 Å². The van der Waals surface area contributed by atoms with E-state index in [1.807, 2.05) is 12.1 Å². The molecule has 0 unspecified atom stereocenters. The maximum Gasteiger partial charge on any atom is 0.0664 e. The Labute approximate surface area is 114 Å². The van der Waals surface area contributed by atoms with Gasteiger partial charge < -0.3 is 5.32 Å². The van der Waals surface area contributed by atoms with Gasteiger partial charge in [-0.05, 0) is 31.0 Å². The lowest BCUT2D eigenvalue weighted by Crippen LogP contribution is -2.21. The zero-order chi connectivity index (χ0) is 12.8. The predicted molar refractivity (Wildman–Crippen MR) is 77.8 cm³/mol. The van der Waals surface area contributed by atoms with E-state index in [1.54, 1.807) is 6.07 Å². The number of nitrogens with one attached hydrogen (secondary N) is 1. The van der Waals surface area contributed by atoms with Crippen molar-refractivity contribution in [3.05, 3.63) is 39.4 Å². The first-order chi connectivity index (χ1) is 8.00. The molecule has 1 nitrogen and oxygen atoms in total. The molecule has 17 heavy (non-hydrogen) atoms. The summed E-state index contributed by atoms with van der Waals surface area (Å²) in [4.78, 5) is 0. The smallest absolute Gasteiger partial charge is 0.0664 e. The monoisotopic (exact) mass is 271 g/mol. The topological polar surface area (TPSA) is 12.0 Å². The van der Waals surface area contributed by atoms with Gasteiger partial charge in [-0.3, -0.25) is 0 Å². The third-order valence-corrected chi connectivity index (χ3v) is 3.17. The lowest BCUT2D eigenvalue weighted by atomic mass is 10.1. The van der Waals surface area contributed by atoms with Crippen molar-refractivity contribution in [2.75, 3.05) is 13.1 Å². The minimum atomic E-state index is 0.600. The van der Waals surface area contributed by atoms with Gasteiger partial charge in [-0.25, -0.2) is 0 Å². The van der Waals surface area contributed by atoms with E-state index in [0.29, 0.717) is 16.0 Å². The highest BCUT2D eigenvalue weighted by atomic mass is 35.5. The molecule has 1 aromatic carbocycles. The van der Waals surface area contributed by atoms with Gasteiger partial charge >= 0.3 is 0 Å². The van der Waals surface area contributed by atoms with Crippen molar-refractivity contribution in [3.63, 3.8) is 0 Å². The maximum absolute atomic E-state index is 6.12. The minimum Gasteiger partial charge on any atom is -0.313 e. The molecule has 0 fully saturated rings. The molecule has 0 bridgehead atoms. The SMILES string of the molecule is CC(=Cc1cccc(Cl)c1Cl)CNCC(C)C. The molecule has 0 radical (unpaired) electrons.